The molecule has 0 atom stereocenters. The molecule has 0 saturated carbocycles. The van der Waals surface area contributed by atoms with Crippen LogP contribution in [0.1, 0.15) is 22.8 Å². The van der Waals surface area contributed by atoms with Crippen molar-refractivity contribution in [3.8, 4) is 0 Å². The first-order valence-corrected chi connectivity index (χ1v) is 6.97. The Kier molecular flexibility index (Phi) is 5.36. The van der Waals surface area contributed by atoms with E-state index in [4.69, 9.17) is 4.74 Å². The minimum absolute atomic E-state index is 0.0101. The van der Waals surface area contributed by atoms with E-state index in [9.17, 15) is 4.79 Å². The smallest absolute Gasteiger partial charge is 0.251 e. The number of carbonyl (C=O) groups excluding carboxylic acids is 1. The van der Waals surface area contributed by atoms with Gasteiger partial charge in [-0.1, -0.05) is 19.1 Å². The van der Waals surface area contributed by atoms with E-state index in [0.29, 0.717) is 6.54 Å². The highest BCUT2D eigenvalue weighted by Crippen LogP contribution is 2.04. The molecule has 0 radical (unpaired) electrons. The fourth-order valence-electron chi connectivity index (χ4n) is 2.15. The Morgan fingerprint density at radius 1 is 1.26 bits per heavy atom. The Morgan fingerprint density at radius 2 is 1.95 bits per heavy atom. The molecule has 1 fully saturated rings. The highest BCUT2D eigenvalue weighted by molar-refractivity contribution is 5.94. The van der Waals surface area contributed by atoms with Crippen LogP contribution in [-0.4, -0.2) is 50.2 Å². The molecule has 1 heterocycles. The predicted octanol–water partition coefficient (Wildman–Crippen LogP) is 1.31. The number of amides is 1. The van der Waals surface area contributed by atoms with Crippen molar-refractivity contribution < 1.29 is 9.53 Å². The van der Waals surface area contributed by atoms with Crippen molar-refractivity contribution in [1.82, 2.24) is 10.2 Å². The minimum atomic E-state index is 0.0101. The number of morpholine rings is 1. The molecule has 4 nitrogen and oxygen atoms in total. The average molecular weight is 262 g/mol. The number of rotatable bonds is 5. The molecule has 19 heavy (non-hydrogen) atoms. The number of carbonyl (C=O) groups is 1. The van der Waals surface area contributed by atoms with E-state index in [2.05, 4.69) is 17.1 Å². The molecule has 2 rings (SSSR count). The summed E-state index contributed by atoms with van der Waals surface area (Å²) in [5.41, 5.74) is 1.99. The van der Waals surface area contributed by atoms with Crippen molar-refractivity contribution in [2.24, 2.45) is 0 Å². The highest BCUT2D eigenvalue weighted by atomic mass is 16.5. The van der Waals surface area contributed by atoms with Gasteiger partial charge in [-0.3, -0.25) is 9.69 Å². The molecule has 1 aliphatic rings. The minimum Gasteiger partial charge on any atom is -0.379 e. The molecule has 1 amide bonds. The van der Waals surface area contributed by atoms with Gasteiger partial charge < -0.3 is 10.1 Å². The Balaban J connectivity index is 1.73. The van der Waals surface area contributed by atoms with Gasteiger partial charge in [-0.25, -0.2) is 0 Å². The van der Waals surface area contributed by atoms with Gasteiger partial charge in [0.1, 0.15) is 0 Å². The maximum absolute atomic E-state index is 11.9. The molecule has 1 saturated heterocycles. The number of aryl methyl sites for hydroxylation is 1. The SMILES string of the molecule is CCc1ccc(C(=O)NCCN2CCOCC2)cc1. The van der Waals surface area contributed by atoms with Gasteiger partial charge in [-0.15, -0.1) is 0 Å². The van der Waals surface area contributed by atoms with Gasteiger partial charge in [-0.2, -0.15) is 0 Å². The molecular weight excluding hydrogens is 240 g/mol. The zero-order chi connectivity index (χ0) is 13.5. The third kappa shape index (κ3) is 4.33. The van der Waals surface area contributed by atoms with Crippen molar-refractivity contribution >= 4 is 5.91 Å². The van der Waals surface area contributed by atoms with Crippen LogP contribution in [0.5, 0.6) is 0 Å². The lowest BCUT2D eigenvalue weighted by Gasteiger charge is -2.26. The summed E-state index contributed by atoms with van der Waals surface area (Å²) in [5.74, 6) is 0.0101. The van der Waals surface area contributed by atoms with E-state index in [1.54, 1.807) is 0 Å². The Labute approximate surface area is 114 Å². The van der Waals surface area contributed by atoms with Gasteiger partial charge in [0.2, 0.25) is 0 Å². The third-order valence-corrected chi connectivity index (χ3v) is 3.44. The van der Waals surface area contributed by atoms with E-state index < -0.39 is 0 Å². The predicted molar refractivity (Wildman–Crippen MR) is 75.4 cm³/mol. The van der Waals surface area contributed by atoms with Crippen molar-refractivity contribution in [2.45, 2.75) is 13.3 Å². The normalized spacial score (nSPS) is 16.3. The second kappa shape index (κ2) is 7.26. The van der Waals surface area contributed by atoms with Gasteiger partial charge in [0.15, 0.2) is 0 Å². The first-order valence-electron chi connectivity index (χ1n) is 6.97. The van der Waals surface area contributed by atoms with Crippen LogP contribution in [0.2, 0.25) is 0 Å². The highest BCUT2D eigenvalue weighted by Gasteiger charge is 2.10. The van der Waals surface area contributed by atoms with Crippen LogP contribution in [-0.2, 0) is 11.2 Å². The lowest BCUT2D eigenvalue weighted by atomic mass is 10.1. The summed E-state index contributed by atoms with van der Waals surface area (Å²) in [5, 5.41) is 2.96. The van der Waals surface area contributed by atoms with Gasteiger partial charge in [-0.05, 0) is 24.1 Å². The summed E-state index contributed by atoms with van der Waals surface area (Å²) in [6.07, 6.45) is 0.999. The fourth-order valence-corrected chi connectivity index (χ4v) is 2.15. The lowest BCUT2D eigenvalue weighted by Crippen LogP contribution is -2.41. The van der Waals surface area contributed by atoms with Crippen LogP contribution in [0.25, 0.3) is 0 Å². The van der Waals surface area contributed by atoms with Crippen LogP contribution in [0.15, 0.2) is 24.3 Å². The number of nitrogens with one attached hydrogen (secondary N) is 1. The standard InChI is InChI=1S/C15H22N2O2/c1-2-13-3-5-14(6-4-13)15(18)16-7-8-17-9-11-19-12-10-17/h3-6H,2,7-12H2,1H3,(H,16,18). The third-order valence-electron chi connectivity index (χ3n) is 3.44. The molecular formula is C15H22N2O2. The quantitative estimate of drug-likeness (QED) is 0.870. The average Bonchev–Trinajstić information content (AvgIpc) is 2.48. The number of ether oxygens (including phenoxy) is 1. The molecule has 0 bridgehead atoms. The molecule has 1 aliphatic heterocycles. The monoisotopic (exact) mass is 262 g/mol. The fraction of sp³-hybridized carbons (Fsp3) is 0.533. The van der Waals surface area contributed by atoms with E-state index in [-0.39, 0.29) is 5.91 Å². The first-order chi connectivity index (χ1) is 9.29. The number of nitrogens with zero attached hydrogens (tertiary/aromatic N) is 1. The van der Waals surface area contributed by atoms with E-state index in [1.807, 2.05) is 24.3 Å². The van der Waals surface area contributed by atoms with Crippen LogP contribution in [0, 0.1) is 0 Å². The van der Waals surface area contributed by atoms with Gasteiger partial charge >= 0.3 is 0 Å². The summed E-state index contributed by atoms with van der Waals surface area (Å²) in [7, 11) is 0. The molecule has 0 spiro atoms. The first kappa shape index (κ1) is 14.0. The second-order valence-corrected chi connectivity index (χ2v) is 4.76. The van der Waals surface area contributed by atoms with Crippen LogP contribution >= 0.6 is 0 Å². The lowest BCUT2D eigenvalue weighted by molar-refractivity contribution is 0.0383. The molecule has 1 N–H and O–H groups in total. The molecule has 0 aliphatic carbocycles. The zero-order valence-corrected chi connectivity index (χ0v) is 11.5. The zero-order valence-electron chi connectivity index (χ0n) is 11.5. The number of hydrogen-bond donors (Lipinski definition) is 1. The largest absolute Gasteiger partial charge is 0.379 e. The maximum atomic E-state index is 11.9. The summed E-state index contributed by atoms with van der Waals surface area (Å²) in [4.78, 5) is 14.2. The second-order valence-electron chi connectivity index (χ2n) is 4.76. The number of benzene rings is 1. The van der Waals surface area contributed by atoms with Crippen molar-refractivity contribution in [3.63, 3.8) is 0 Å². The van der Waals surface area contributed by atoms with Crippen LogP contribution in [0.4, 0.5) is 0 Å². The topological polar surface area (TPSA) is 41.6 Å². The Bertz CT molecular complexity index is 397. The molecule has 1 aromatic carbocycles. The van der Waals surface area contributed by atoms with Crippen LogP contribution < -0.4 is 5.32 Å². The van der Waals surface area contributed by atoms with Crippen LogP contribution in [0.3, 0.4) is 0 Å². The summed E-state index contributed by atoms with van der Waals surface area (Å²) < 4.78 is 5.29. The van der Waals surface area contributed by atoms with Gasteiger partial charge in [0.25, 0.3) is 5.91 Å². The maximum Gasteiger partial charge on any atom is 0.251 e. The summed E-state index contributed by atoms with van der Waals surface area (Å²) in [6, 6.07) is 7.81. The number of hydrogen-bond acceptors (Lipinski definition) is 3. The van der Waals surface area contributed by atoms with E-state index in [0.717, 1.165) is 44.8 Å². The molecule has 0 unspecified atom stereocenters. The molecule has 1 aromatic rings. The molecule has 4 heteroatoms. The Hall–Kier alpha value is -1.39. The van der Waals surface area contributed by atoms with E-state index >= 15 is 0 Å². The Morgan fingerprint density at radius 3 is 2.58 bits per heavy atom. The van der Waals surface area contributed by atoms with Gasteiger partial charge in [0, 0.05) is 31.7 Å². The van der Waals surface area contributed by atoms with Gasteiger partial charge in [0.05, 0.1) is 13.2 Å². The summed E-state index contributed by atoms with van der Waals surface area (Å²) in [6.45, 7) is 7.20. The molecule has 104 valence electrons. The van der Waals surface area contributed by atoms with E-state index in [1.165, 1.54) is 5.56 Å². The van der Waals surface area contributed by atoms with Crippen molar-refractivity contribution in [3.05, 3.63) is 35.4 Å². The van der Waals surface area contributed by atoms with Crippen molar-refractivity contribution in [2.75, 3.05) is 39.4 Å². The van der Waals surface area contributed by atoms with Crippen molar-refractivity contribution in [1.29, 1.82) is 0 Å². The summed E-state index contributed by atoms with van der Waals surface area (Å²) >= 11 is 0. The molecule has 0 aromatic heterocycles.